The van der Waals surface area contributed by atoms with E-state index >= 15 is 0 Å². The molecule has 0 heteroatoms. The van der Waals surface area contributed by atoms with Crippen LogP contribution in [0.25, 0.3) is 76.8 Å². The van der Waals surface area contributed by atoms with Crippen molar-refractivity contribution in [3.8, 4) is 44.5 Å². The van der Waals surface area contributed by atoms with Crippen LogP contribution in [0.3, 0.4) is 0 Å². The summed E-state index contributed by atoms with van der Waals surface area (Å²) in [5.74, 6) is 0. The molecule has 2 aliphatic rings. The molecule has 250 valence electrons. The van der Waals surface area contributed by atoms with E-state index in [1.807, 2.05) is 0 Å². The Kier molecular flexibility index (Phi) is 6.24. The first-order chi connectivity index (χ1) is 25.9. The molecule has 11 rings (SSSR count). The summed E-state index contributed by atoms with van der Waals surface area (Å²) in [6.45, 7) is 7.09. The molecule has 0 atom stereocenters. The van der Waals surface area contributed by atoms with Crippen molar-refractivity contribution in [2.75, 3.05) is 0 Å². The first-order valence-electron chi connectivity index (χ1n) is 18.9. The highest BCUT2D eigenvalue weighted by Gasteiger charge is 2.51. The van der Waals surface area contributed by atoms with E-state index < -0.39 is 0 Å². The molecule has 0 bridgehead atoms. The van der Waals surface area contributed by atoms with Crippen LogP contribution in [0, 0.1) is 0 Å². The Balaban J connectivity index is 1.21. The van der Waals surface area contributed by atoms with Gasteiger partial charge in [0.2, 0.25) is 0 Å². The van der Waals surface area contributed by atoms with Gasteiger partial charge < -0.3 is 0 Å². The highest BCUT2D eigenvalue weighted by Crippen LogP contribution is 2.63. The molecule has 0 heterocycles. The van der Waals surface area contributed by atoms with Crippen LogP contribution >= 0.6 is 0 Å². The second kappa shape index (κ2) is 10.9. The number of hydrogen-bond donors (Lipinski definition) is 0. The highest BCUT2D eigenvalue weighted by molar-refractivity contribution is 6.19. The fraction of sp³-hybridized carbons (Fsp3) is 0.0943. The molecular weight excluding hydrogens is 637 g/mol. The largest absolute Gasteiger partial charge is 0.0725 e. The maximum Gasteiger partial charge on any atom is 0.0725 e. The fourth-order valence-corrected chi connectivity index (χ4v) is 10.2. The summed E-state index contributed by atoms with van der Waals surface area (Å²) in [4.78, 5) is 0. The standard InChI is InChI=1S/C53H38/c1-52(2,3)51-44-22-7-6-21-42(44)50(41-23-14-16-33-15-4-5-17-36(33)41)43-30-28-34(31-45(43)51)35-27-29-40-39-20-10-13-26-48(39)53(49(40)32-35)46-24-11-8-18-37(46)38-19-9-12-25-47(38)53/h4-32H,1-3H3. The first kappa shape index (κ1) is 30.4. The number of benzene rings is 9. The van der Waals surface area contributed by atoms with Crippen molar-refractivity contribution in [1.29, 1.82) is 0 Å². The van der Waals surface area contributed by atoms with Gasteiger partial charge in [0.25, 0.3) is 0 Å². The Labute approximate surface area is 311 Å². The molecule has 0 aliphatic heterocycles. The van der Waals surface area contributed by atoms with Crippen molar-refractivity contribution < 1.29 is 0 Å². The molecule has 0 radical (unpaired) electrons. The van der Waals surface area contributed by atoms with E-state index in [1.165, 1.54) is 105 Å². The van der Waals surface area contributed by atoms with Crippen molar-refractivity contribution >= 4 is 32.3 Å². The summed E-state index contributed by atoms with van der Waals surface area (Å²) in [6.07, 6.45) is 0. The summed E-state index contributed by atoms with van der Waals surface area (Å²) < 4.78 is 0. The zero-order valence-corrected chi connectivity index (χ0v) is 30.2. The van der Waals surface area contributed by atoms with Crippen LogP contribution < -0.4 is 0 Å². The van der Waals surface area contributed by atoms with Gasteiger partial charge in [0.05, 0.1) is 5.41 Å². The van der Waals surface area contributed by atoms with E-state index in [-0.39, 0.29) is 10.8 Å². The van der Waals surface area contributed by atoms with Crippen LogP contribution in [0.1, 0.15) is 48.6 Å². The van der Waals surface area contributed by atoms with Gasteiger partial charge in [-0.2, -0.15) is 0 Å². The van der Waals surface area contributed by atoms with E-state index in [0.29, 0.717) is 0 Å². The Hall–Kier alpha value is -6.24. The summed E-state index contributed by atoms with van der Waals surface area (Å²) in [6, 6.07) is 66.3. The van der Waals surface area contributed by atoms with Crippen molar-refractivity contribution in [2.24, 2.45) is 0 Å². The molecule has 0 aromatic heterocycles. The zero-order chi connectivity index (χ0) is 35.5. The van der Waals surface area contributed by atoms with E-state index in [1.54, 1.807) is 0 Å². The Morgan fingerprint density at radius 2 is 0.811 bits per heavy atom. The van der Waals surface area contributed by atoms with Gasteiger partial charge in [-0.05, 0) is 122 Å². The Bertz CT molecular complexity index is 2920. The SMILES string of the molecule is CC(C)(C)c1c2ccccc2c(-c2cccc3ccccc23)c2ccc(-c3ccc4c(c3)C3(c5ccccc5-c5ccccc53)c3ccccc3-4)cc12. The van der Waals surface area contributed by atoms with E-state index in [9.17, 15) is 0 Å². The van der Waals surface area contributed by atoms with Crippen molar-refractivity contribution in [3.63, 3.8) is 0 Å². The molecule has 0 N–H and O–H groups in total. The average molecular weight is 675 g/mol. The van der Waals surface area contributed by atoms with Gasteiger partial charge in [-0.3, -0.25) is 0 Å². The van der Waals surface area contributed by atoms with Crippen LogP contribution in [0.2, 0.25) is 0 Å². The third kappa shape index (κ3) is 4.07. The minimum absolute atomic E-state index is 0.0747. The second-order valence-corrected chi connectivity index (χ2v) is 16.0. The Morgan fingerprint density at radius 3 is 1.47 bits per heavy atom. The maximum absolute atomic E-state index is 2.51. The van der Waals surface area contributed by atoms with Gasteiger partial charge in [-0.15, -0.1) is 0 Å². The smallest absolute Gasteiger partial charge is 0.0619 e. The molecule has 1 spiro atoms. The fourth-order valence-electron chi connectivity index (χ4n) is 10.2. The lowest BCUT2D eigenvalue weighted by molar-refractivity contribution is 0.601. The van der Waals surface area contributed by atoms with Crippen LogP contribution in [0.5, 0.6) is 0 Å². The number of rotatable bonds is 2. The van der Waals surface area contributed by atoms with Crippen LogP contribution in [-0.2, 0) is 10.8 Å². The molecule has 9 aromatic rings. The minimum atomic E-state index is -0.361. The van der Waals surface area contributed by atoms with Gasteiger partial charge in [0, 0.05) is 0 Å². The average Bonchev–Trinajstić information content (AvgIpc) is 3.66. The molecule has 0 saturated heterocycles. The van der Waals surface area contributed by atoms with Crippen molar-refractivity contribution in [1.82, 2.24) is 0 Å². The molecule has 2 aliphatic carbocycles. The Morgan fingerprint density at radius 1 is 0.340 bits per heavy atom. The highest BCUT2D eigenvalue weighted by atomic mass is 14.5. The van der Waals surface area contributed by atoms with Crippen LogP contribution in [0.4, 0.5) is 0 Å². The summed E-state index contributed by atoms with van der Waals surface area (Å²) >= 11 is 0. The molecule has 53 heavy (non-hydrogen) atoms. The van der Waals surface area contributed by atoms with E-state index in [4.69, 9.17) is 0 Å². The van der Waals surface area contributed by atoms with Gasteiger partial charge in [0.15, 0.2) is 0 Å². The molecule has 9 aromatic carbocycles. The predicted octanol–water partition coefficient (Wildman–Crippen LogP) is 14.1. The molecule has 0 unspecified atom stereocenters. The molecular formula is C53H38. The third-order valence-corrected chi connectivity index (χ3v) is 12.2. The van der Waals surface area contributed by atoms with Gasteiger partial charge in [-0.1, -0.05) is 185 Å². The first-order valence-corrected chi connectivity index (χ1v) is 18.9. The lowest BCUT2D eigenvalue weighted by Gasteiger charge is -2.30. The third-order valence-electron chi connectivity index (χ3n) is 12.2. The van der Waals surface area contributed by atoms with Gasteiger partial charge in [0.1, 0.15) is 0 Å². The second-order valence-electron chi connectivity index (χ2n) is 16.0. The normalized spacial score (nSPS) is 13.7. The number of fused-ring (bicyclic) bond motifs is 13. The topological polar surface area (TPSA) is 0 Å². The summed E-state index contributed by atoms with van der Waals surface area (Å²) in [7, 11) is 0. The minimum Gasteiger partial charge on any atom is -0.0619 e. The van der Waals surface area contributed by atoms with Gasteiger partial charge >= 0.3 is 0 Å². The van der Waals surface area contributed by atoms with Crippen LogP contribution in [-0.4, -0.2) is 0 Å². The zero-order valence-electron chi connectivity index (χ0n) is 30.2. The van der Waals surface area contributed by atoms with Crippen molar-refractivity contribution in [3.05, 3.63) is 204 Å². The van der Waals surface area contributed by atoms with Gasteiger partial charge in [-0.25, -0.2) is 0 Å². The monoisotopic (exact) mass is 674 g/mol. The maximum atomic E-state index is 2.51. The molecule has 0 saturated carbocycles. The number of hydrogen-bond acceptors (Lipinski definition) is 0. The molecule has 0 fully saturated rings. The molecule has 0 nitrogen and oxygen atoms in total. The van der Waals surface area contributed by atoms with Crippen LogP contribution in [0.15, 0.2) is 176 Å². The summed E-state index contributed by atoms with van der Waals surface area (Å²) in [5, 5.41) is 7.82. The molecule has 0 amide bonds. The lowest BCUT2D eigenvalue weighted by atomic mass is 9.70. The predicted molar refractivity (Wildman–Crippen MR) is 225 cm³/mol. The van der Waals surface area contributed by atoms with E-state index in [0.717, 1.165) is 0 Å². The quantitative estimate of drug-likeness (QED) is 0.160. The lowest BCUT2D eigenvalue weighted by Crippen LogP contribution is -2.25. The van der Waals surface area contributed by atoms with Crippen molar-refractivity contribution in [2.45, 2.75) is 31.6 Å². The van der Waals surface area contributed by atoms with E-state index in [2.05, 4.69) is 197 Å². The summed E-state index contributed by atoms with van der Waals surface area (Å²) in [5.41, 5.74) is 16.9.